The van der Waals surface area contributed by atoms with Crippen LogP contribution in [0.5, 0.6) is 5.75 Å². The zero-order valence-corrected chi connectivity index (χ0v) is 7.29. The molecule has 0 atom stereocenters. The summed E-state index contributed by atoms with van der Waals surface area (Å²) in [6, 6.07) is 1.87. The van der Waals surface area contributed by atoms with Gasteiger partial charge in [0.15, 0.2) is 0 Å². The number of allylic oxidation sites excluding steroid dienone is 1. The molecular weight excluding hydrogens is 150 g/mol. The van der Waals surface area contributed by atoms with Gasteiger partial charge >= 0.3 is 0 Å². The molecule has 0 saturated carbocycles. The molecule has 0 aliphatic heterocycles. The van der Waals surface area contributed by atoms with Gasteiger partial charge in [-0.3, -0.25) is 4.98 Å². The van der Waals surface area contributed by atoms with Crippen molar-refractivity contribution in [2.45, 2.75) is 12.8 Å². The summed E-state index contributed by atoms with van der Waals surface area (Å²) >= 11 is 0. The Balaban J connectivity index is 2.74. The van der Waals surface area contributed by atoms with Crippen molar-refractivity contribution in [3.05, 3.63) is 36.7 Å². The first kappa shape index (κ1) is 8.78. The molecule has 1 rings (SSSR count). The van der Waals surface area contributed by atoms with Crippen LogP contribution in [0.2, 0.25) is 0 Å². The Hall–Kier alpha value is -1.31. The summed E-state index contributed by atoms with van der Waals surface area (Å²) in [5, 5.41) is 0. The summed E-state index contributed by atoms with van der Waals surface area (Å²) in [4.78, 5) is 4.03. The van der Waals surface area contributed by atoms with E-state index in [1.165, 1.54) is 0 Å². The zero-order valence-electron chi connectivity index (χ0n) is 7.29. The first-order chi connectivity index (χ1) is 5.88. The number of methoxy groups -OCH3 is 1. The highest BCUT2D eigenvalue weighted by atomic mass is 16.5. The fourth-order valence-corrected chi connectivity index (χ4v) is 1.06. The van der Waals surface area contributed by atoms with Gasteiger partial charge in [0.05, 0.1) is 7.11 Å². The lowest BCUT2D eigenvalue weighted by molar-refractivity contribution is 0.409. The molecule has 0 N–H and O–H groups in total. The van der Waals surface area contributed by atoms with Gasteiger partial charge in [-0.1, -0.05) is 6.08 Å². The number of aromatic nitrogens is 1. The number of ether oxygens (including phenoxy) is 1. The van der Waals surface area contributed by atoms with Crippen LogP contribution in [0, 0.1) is 0 Å². The Morgan fingerprint density at radius 2 is 2.50 bits per heavy atom. The maximum absolute atomic E-state index is 5.17. The Bertz CT molecular complexity index is 258. The van der Waals surface area contributed by atoms with E-state index >= 15 is 0 Å². The second-order valence-corrected chi connectivity index (χ2v) is 2.51. The van der Waals surface area contributed by atoms with E-state index in [1.54, 1.807) is 13.3 Å². The van der Waals surface area contributed by atoms with E-state index in [9.17, 15) is 0 Å². The molecule has 0 saturated heterocycles. The van der Waals surface area contributed by atoms with Gasteiger partial charge in [0.2, 0.25) is 0 Å². The van der Waals surface area contributed by atoms with E-state index < -0.39 is 0 Å². The fraction of sp³-hybridized carbons (Fsp3) is 0.300. The molecule has 1 aromatic heterocycles. The molecule has 0 unspecified atom stereocenters. The largest absolute Gasteiger partial charge is 0.496 e. The Morgan fingerprint density at radius 1 is 1.67 bits per heavy atom. The van der Waals surface area contributed by atoms with E-state index in [0.29, 0.717) is 0 Å². The highest BCUT2D eigenvalue weighted by molar-refractivity contribution is 5.30. The van der Waals surface area contributed by atoms with Crippen LogP contribution in [0.15, 0.2) is 31.1 Å². The second kappa shape index (κ2) is 4.54. The third-order valence-electron chi connectivity index (χ3n) is 1.70. The van der Waals surface area contributed by atoms with Crippen LogP contribution < -0.4 is 4.74 Å². The fourth-order valence-electron chi connectivity index (χ4n) is 1.06. The zero-order chi connectivity index (χ0) is 8.81. The van der Waals surface area contributed by atoms with Crippen LogP contribution in [-0.4, -0.2) is 12.1 Å². The predicted octanol–water partition coefficient (Wildman–Crippen LogP) is 2.21. The molecule has 0 radical (unpaired) electrons. The standard InChI is InChI=1S/C10H13NO/c1-3-4-5-9-8-11-7-6-10(9)12-2/h3,6-8H,1,4-5H2,2H3. The molecule has 2 nitrogen and oxygen atoms in total. The number of hydrogen-bond acceptors (Lipinski definition) is 2. The van der Waals surface area contributed by atoms with E-state index in [1.807, 2.05) is 18.3 Å². The van der Waals surface area contributed by atoms with E-state index in [2.05, 4.69) is 11.6 Å². The quantitative estimate of drug-likeness (QED) is 0.635. The summed E-state index contributed by atoms with van der Waals surface area (Å²) in [6.45, 7) is 3.67. The van der Waals surface area contributed by atoms with Crippen LogP contribution in [0.25, 0.3) is 0 Å². The van der Waals surface area contributed by atoms with Crippen LogP contribution in [0.4, 0.5) is 0 Å². The highest BCUT2D eigenvalue weighted by Crippen LogP contribution is 2.17. The first-order valence-electron chi connectivity index (χ1n) is 3.96. The van der Waals surface area contributed by atoms with Gasteiger partial charge < -0.3 is 4.74 Å². The monoisotopic (exact) mass is 163 g/mol. The van der Waals surface area contributed by atoms with E-state index in [-0.39, 0.29) is 0 Å². The smallest absolute Gasteiger partial charge is 0.125 e. The highest BCUT2D eigenvalue weighted by Gasteiger charge is 1.99. The summed E-state index contributed by atoms with van der Waals surface area (Å²) in [5.41, 5.74) is 1.14. The molecular formula is C10H13NO. The third kappa shape index (κ3) is 2.09. The first-order valence-corrected chi connectivity index (χ1v) is 3.96. The maximum atomic E-state index is 5.17. The van der Waals surface area contributed by atoms with Crippen molar-refractivity contribution < 1.29 is 4.74 Å². The van der Waals surface area contributed by atoms with Gasteiger partial charge in [-0.05, 0) is 18.9 Å². The minimum Gasteiger partial charge on any atom is -0.496 e. The average molecular weight is 163 g/mol. The van der Waals surface area contributed by atoms with Crippen LogP contribution >= 0.6 is 0 Å². The van der Waals surface area contributed by atoms with Crippen molar-refractivity contribution in [2.24, 2.45) is 0 Å². The van der Waals surface area contributed by atoms with Crippen molar-refractivity contribution in [1.82, 2.24) is 4.98 Å². The Kier molecular flexibility index (Phi) is 3.33. The van der Waals surface area contributed by atoms with Crippen LogP contribution in [0.1, 0.15) is 12.0 Å². The molecule has 0 aliphatic rings. The minimum atomic E-state index is 0.909. The van der Waals surface area contributed by atoms with Crippen molar-refractivity contribution in [3.63, 3.8) is 0 Å². The molecule has 64 valence electrons. The van der Waals surface area contributed by atoms with Gasteiger partial charge in [0.25, 0.3) is 0 Å². The van der Waals surface area contributed by atoms with Gasteiger partial charge in [-0.25, -0.2) is 0 Å². The Morgan fingerprint density at radius 3 is 3.17 bits per heavy atom. The number of aryl methyl sites for hydroxylation is 1. The molecule has 1 heterocycles. The molecule has 0 bridgehead atoms. The molecule has 0 aromatic carbocycles. The number of nitrogens with zero attached hydrogens (tertiary/aromatic N) is 1. The number of rotatable bonds is 4. The number of hydrogen-bond donors (Lipinski definition) is 0. The molecule has 0 amide bonds. The molecule has 0 spiro atoms. The average Bonchev–Trinajstić information content (AvgIpc) is 2.15. The van der Waals surface area contributed by atoms with Crippen molar-refractivity contribution in [1.29, 1.82) is 0 Å². The summed E-state index contributed by atoms with van der Waals surface area (Å²) in [6.07, 6.45) is 7.37. The lowest BCUT2D eigenvalue weighted by atomic mass is 10.1. The van der Waals surface area contributed by atoms with Crippen molar-refractivity contribution in [3.8, 4) is 5.75 Å². The number of pyridine rings is 1. The van der Waals surface area contributed by atoms with Crippen molar-refractivity contribution >= 4 is 0 Å². The molecule has 2 heteroatoms. The van der Waals surface area contributed by atoms with Gasteiger partial charge in [0, 0.05) is 18.0 Å². The summed E-state index contributed by atoms with van der Waals surface area (Å²) in [5.74, 6) is 0.909. The predicted molar refractivity (Wildman–Crippen MR) is 49.3 cm³/mol. The SMILES string of the molecule is C=CCCc1cnccc1OC. The molecule has 0 fully saturated rings. The normalized spacial score (nSPS) is 9.42. The lowest BCUT2D eigenvalue weighted by Crippen LogP contribution is -1.92. The second-order valence-electron chi connectivity index (χ2n) is 2.51. The van der Waals surface area contributed by atoms with Gasteiger partial charge in [-0.15, -0.1) is 6.58 Å². The topological polar surface area (TPSA) is 22.1 Å². The van der Waals surface area contributed by atoms with E-state index in [0.717, 1.165) is 24.2 Å². The Labute approximate surface area is 72.9 Å². The van der Waals surface area contributed by atoms with Gasteiger partial charge in [0.1, 0.15) is 5.75 Å². The molecule has 1 aromatic rings. The van der Waals surface area contributed by atoms with Crippen LogP contribution in [-0.2, 0) is 6.42 Å². The third-order valence-corrected chi connectivity index (χ3v) is 1.70. The van der Waals surface area contributed by atoms with Gasteiger partial charge in [-0.2, -0.15) is 0 Å². The summed E-state index contributed by atoms with van der Waals surface area (Å²) < 4.78 is 5.17. The molecule has 0 aliphatic carbocycles. The lowest BCUT2D eigenvalue weighted by Gasteiger charge is -2.04. The van der Waals surface area contributed by atoms with Crippen LogP contribution in [0.3, 0.4) is 0 Å². The van der Waals surface area contributed by atoms with Crippen molar-refractivity contribution in [2.75, 3.05) is 7.11 Å². The molecule has 12 heavy (non-hydrogen) atoms. The maximum Gasteiger partial charge on any atom is 0.125 e. The summed E-state index contributed by atoms with van der Waals surface area (Å²) in [7, 11) is 1.67. The minimum absolute atomic E-state index is 0.909. The van der Waals surface area contributed by atoms with E-state index in [4.69, 9.17) is 4.74 Å².